The number of aromatic nitrogens is 2. The summed E-state index contributed by atoms with van der Waals surface area (Å²) in [6, 6.07) is 0.765. The van der Waals surface area contributed by atoms with Crippen molar-refractivity contribution in [2.45, 2.75) is 58.0 Å². The summed E-state index contributed by atoms with van der Waals surface area (Å²) in [5.74, 6) is 0. The number of nitrogens with one attached hydrogen (secondary N) is 1. The molecule has 20 heavy (non-hydrogen) atoms. The van der Waals surface area contributed by atoms with Gasteiger partial charge in [-0.25, -0.2) is 4.98 Å². The molecule has 1 saturated heterocycles. The summed E-state index contributed by atoms with van der Waals surface area (Å²) in [6.45, 7) is 6.71. The molecule has 1 aliphatic rings. The van der Waals surface area contributed by atoms with Crippen LogP contribution >= 0.6 is 0 Å². The molecule has 0 spiro atoms. The summed E-state index contributed by atoms with van der Waals surface area (Å²) < 4.78 is 2.26. The summed E-state index contributed by atoms with van der Waals surface area (Å²) in [5, 5.41) is 3.43. The minimum absolute atomic E-state index is 0.765. The van der Waals surface area contributed by atoms with Gasteiger partial charge in [0.2, 0.25) is 0 Å². The highest BCUT2D eigenvalue weighted by Gasteiger charge is 2.18. The minimum atomic E-state index is 0.765. The van der Waals surface area contributed by atoms with Crippen molar-refractivity contribution in [1.29, 1.82) is 0 Å². The van der Waals surface area contributed by atoms with Gasteiger partial charge in [-0.05, 0) is 45.8 Å². The zero-order valence-electron chi connectivity index (χ0n) is 13.1. The largest absolute Gasteiger partial charge is 0.337 e. The van der Waals surface area contributed by atoms with E-state index in [2.05, 4.69) is 39.9 Å². The predicted molar refractivity (Wildman–Crippen MR) is 84.0 cm³/mol. The summed E-state index contributed by atoms with van der Waals surface area (Å²) in [7, 11) is 2.27. The van der Waals surface area contributed by atoms with Gasteiger partial charge < -0.3 is 14.8 Å². The van der Waals surface area contributed by atoms with Crippen LogP contribution in [0.3, 0.4) is 0 Å². The van der Waals surface area contributed by atoms with Crippen LogP contribution in [-0.4, -0.2) is 47.2 Å². The van der Waals surface area contributed by atoms with E-state index in [4.69, 9.17) is 0 Å². The SMILES string of the molecule is CCCNCCc1cn(CCC2CCCCN2C)cn1. The second-order valence-corrected chi connectivity index (χ2v) is 6.02. The van der Waals surface area contributed by atoms with E-state index < -0.39 is 0 Å². The first-order valence-electron chi connectivity index (χ1n) is 8.21. The van der Waals surface area contributed by atoms with E-state index in [0.717, 1.165) is 32.1 Å². The Morgan fingerprint density at radius 2 is 2.25 bits per heavy atom. The Morgan fingerprint density at radius 1 is 1.35 bits per heavy atom. The van der Waals surface area contributed by atoms with E-state index in [-0.39, 0.29) is 0 Å². The number of nitrogens with zero attached hydrogens (tertiary/aromatic N) is 3. The van der Waals surface area contributed by atoms with E-state index in [9.17, 15) is 0 Å². The maximum atomic E-state index is 4.51. The number of hydrogen-bond donors (Lipinski definition) is 1. The van der Waals surface area contributed by atoms with E-state index >= 15 is 0 Å². The standard InChI is InChI=1S/C16H30N4/c1-3-9-17-10-7-15-13-20(14-18-15)12-8-16-6-4-5-11-19(16)2/h13-14,16-17H,3-12H2,1-2H3. The van der Waals surface area contributed by atoms with Crippen molar-refractivity contribution in [3.05, 3.63) is 18.2 Å². The van der Waals surface area contributed by atoms with Crippen LogP contribution in [0, 0.1) is 0 Å². The number of imidazole rings is 1. The topological polar surface area (TPSA) is 33.1 Å². The fourth-order valence-corrected chi connectivity index (χ4v) is 2.98. The van der Waals surface area contributed by atoms with Crippen LogP contribution in [0.25, 0.3) is 0 Å². The van der Waals surface area contributed by atoms with Gasteiger partial charge in [0.15, 0.2) is 0 Å². The van der Waals surface area contributed by atoms with Crippen LogP contribution < -0.4 is 5.32 Å². The lowest BCUT2D eigenvalue weighted by atomic mass is 10.0. The number of piperidine rings is 1. The first-order valence-corrected chi connectivity index (χ1v) is 8.21. The predicted octanol–water partition coefficient (Wildman–Crippen LogP) is 2.30. The molecule has 1 fully saturated rings. The Balaban J connectivity index is 1.69. The highest BCUT2D eigenvalue weighted by atomic mass is 15.1. The Bertz CT molecular complexity index is 374. The van der Waals surface area contributed by atoms with E-state index in [1.807, 2.05) is 6.33 Å². The van der Waals surface area contributed by atoms with Crippen molar-refractivity contribution in [2.24, 2.45) is 0 Å². The molecule has 1 aliphatic heterocycles. The first kappa shape index (κ1) is 15.5. The van der Waals surface area contributed by atoms with Gasteiger partial charge in [-0.2, -0.15) is 0 Å². The van der Waals surface area contributed by atoms with Crippen molar-refractivity contribution >= 4 is 0 Å². The lowest BCUT2D eigenvalue weighted by molar-refractivity contribution is 0.171. The van der Waals surface area contributed by atoms with E-state index in [1.54, 1.807) is 0 Å². The minimum Gasteiger partial charge on any atom is -0.337 e. The highest BCUT2D eigenvalue weighted by Crippen LogP contribution is 2.18. The number of hydrogen-bond acceptors (Lipinski definition) is 3. The molecule has 1 aromatic heterocycles. The van der Waals surface area contributed by atoms with Crippen molar-refractivity contribution in [1.82, 2.24) is 19.8 Å². The van der Waals surface area contributed by atoms with Gasteiger partial charge in [0, 0.05) is 31.7 Å². The average Bonchev–Trinajstić information content (AvgIpc) is 2.91. The summed E-state index contributed by atoms with van der Waals surface area (Å²) in [5.41, 5.74) is 1.21. The lowest BCUT2D eigenvalue weighted by Gasteiger charge is -2.32. The third-order valence-corrected chi connectivity index (χ3v) is 4.31. The van der Waals surface area contributed by atoms with Gasteiger partial charge in [-0.15, -0.1) is 0 Å². The Kier molecular flexibility index (Phi) is 6.54. The molecule has 0 bridgehead atoms. The molecule has 0 radical (unpaired) electrons. The van der Waals surface area contributed by atoms with Crippen LogP contribution in [-0.2, 0) is 13.0 Å². The van der Waals surface area contributed by atoms with E-state index in [0.29, 0.717) is 0 Å². The molecule has 4 heteroatoms. The van der Waals surface area contributed by atoms with Crippen molar-refractivity contribution in [3.8, 4) is 0 Å². The number of aryl methyl sites for hydroxylation is 1. The molecule has 2 heterocycles. The van der Waals surface area contributed by atoms with Crippen LogP contribution in [0.2, 0.25) is 0 Å². The van der Waals surface area contributed by atoms with Gasteiger partial charge >= 0.3 is 0 Å². The molecule has 0 saturated carbocycles. The van der Waals surface area contributed by atoms with Gasteiger partial charge in [0.25, 0.3) is 0 Å². The third-order valence-electron chi connectivity index (χ3n) is 4.31. The quantitative estimate of drug-likeness (QED) is 0.741. The Morgan fingerprint density at radius 3 is 3.05 bits per heavy atom. The molecule has 2 rings (SSSR count). The molecule has 1 atom stereocenters. The van der Waals surface area contributed by atoms with Crippen molar-refractivity contribution in [3.63, 3.8) is 0 Å². The number of likely N-dealkylation sites (tertiary alicyclic amines) is 1. The molecule has 0 aromatic carbocycles. The molecular weight excluding hydrogens is 248 g/mol. The molecule has 4 nitrogen and oxygen atoms in total. The normalized spacial score (nSPS) is 20.4. The lowest BCUT2D eigenvalue weighted by Crippen LogP contribution is -2.36. The first-order chi connectivity index (χ1) is 9.79. The molecule has 0 aliphatic carbocycles. The maximum absolute atomic E-state index is 4.51. The summed E-state index contributed by atoms with van der Waals surface area (Å²) in [6.07, 6.45) is 11.8. The molecular formula is C16H30N4. The van der Waals surface area contributed by atoms with Gasteiger partial charge in [-0.1, -0.05) is 13.3 Å². The average molecular weight is 278 g/mol. The molecule has 114 valence electrons. The second-order valence-electron chi connectivity index (χ2n) is 6.02. The fourth-order valence-electron chi connectivity index (χ4n) is 2.98. The molecule has 1 unspecified atom stereocenters. The Hall–Kier alpha value is -0.870. The van der Waals surface area contributed by atoms with Crippen LogP contribution in [0.4, 0.5) is 0 Å². The number of rotatable bonds is 8. The summed E-state index contributed by atoms with van der Waals surface area (Å²) >= 11 is 0. The fraction of sp³-hybridized carbons (Fsp3) is 0.812. The van der Waals surface area contributed by atoms with Gasteiger partial charge in [0.05, 0.1) is 12.0 Å². The zero-order chi connectivity index (χ0) is 14.2. The van der Waals surface area contributed by atoms with E-state index in [1.165, 1.54) is 44.3 Å². The van der Waals surface area contributed by atoms with Crippen molar-refractivity contribution in [2.75, 3.05) is 26.7 Å². The maximum Gasteiger partial charge on any atom is 0.0949 e. The second kappa shape index (κ2) is 8.42. The van der Waals surface area contributed by atoms with Gasteiger partial charge in [0.1, 0.15) is 0 Å². The molecule has 1 aromatic rings. The van der Waals surface area contributed by atoms with Crippen LogP contribution in [0.15, 0.2) is 12.5 Å². The highest BCUT2D eigenvalue weighted by molar-refractivity contribution is 4.97. The molecule has 1 N–H and O–H groups in total. The van der Waals surface area contributed by atoms with Crippen LogP contribution in [0.1, 0.15) is 44.7 Å². The van der Waals surface area contributed by atoms with Gasteiger partial charge in [-0.3, -0.25) is 0 Å². The van der Waals surface area contributed by atoms with Crippen LogP contribution in [0.5, 0.6) is 0 Å². The monoisotopic (exact) mass is 278 g/mol. The third kappa shape index (κ3) is 4.91. The smallest absolute Gasteiger partial charge is 0.0949 e. The molecule has 0 amide bonds. The van der Waals surface area contributed by atoms with Crippen molar-refractivity contribution < 1.29 is 0 Å². The zero-order valence-corrected chi connectivity index (χ0v) is 13.1. The summed E-state index contributed by atoms with van der Waals surface area (Å²) in [4.78, 5) is 7.03. The Labute approximate surface area is 123 Å².